The van der Waals surface area contributed by atoms with Crippen LogP contribution in [-0.4, -0.2) is 31.3 Å². The number of para-hydroxylation sites is 1. The molecule has 0 fully saturated rings. The normalized spacial score (nSPS) is 11.3. The number of nitrogens with zero attached hydrogens (tertiary/aromatic N) is 2. The third-order valence-electron chi connectivity index (χ3n) is 5.01. The topological polar surface area (TPSA) is 65.5 Å². The van der Waals surface area contributed by atoms with Gasteiger partial charge in [0.25, 0.3) is 0 Å². The van der Waals surface area contributed by atoms with E-state index in [2.05, 4.69) is 15.3 Å². The van der Waals surface area contributed by atoms with Crippen molar-refractivity contribution in [1.82, 2.24) is 9.97 Å². The molecule has 0 saturated heterocycles. The molecule has 33 heavy (non-hydrogen) atoms. The van der Waals surface area contributed by atoms with Gasteiger partial charge in [-0.15, -0.1) is 0 Å². The number of nitrogens with one attached hydrogen (secondary N) is 1. The smallest absolute Gasteiger partial charge is 0.420 e. The standard InChI is InChI=1S/C24H20F3N3O3/c1-31-19-11-9-15(13-17(19)24(25,26)27)28-23-16-6-4-5-7-18(16)29-22(30-23)14-8-10-20(32-2)21(12-14)33-3/h4-13H,1-3H3,(H,28,29,30). The first kappa shape index (κ1) is 22.2. The SMILES string of the molecule is COc1ccc(-c2nc(Nc3ccc(OC)c(C(F)(F)F)c3)c3ccccc3n2)cc1OC. The van der Waals surface area contributed by atoms with Crippen molar-refractivity contribution in [3.05, 3.63) is 66.2 Å². The van der Waals surface area contributed by atoms with Crippen LogP contribution in [0.15, 0.2) is 60.7 Å². The Labute approximate surface area is 188 Å². The minimum Gasteiger partial charge on any atom is -0.496 e. The van der Waals surface area contributed by atoms with Crippen LogP contribution in [0.4, 0.5) is 24.7 Å². The second-order valence-corrected chi connectivity index (χ2v) is 7.02. The highest BCUT2D eigenvalue weighted by Gasteiger charge is 2.34. The van der Waals surface area contributed by atoms with Gasteiger partial charge in [0.15, 0.2) is 17.3 Å². The highest BCUT2D eigenvalue weighted by atomic mass is 19.4. The number of ether oxygens (including phenoxy) is 3. The molecule has 1 heterocycles. The number of benzene rings is 3. The highest BCUT2D eigenvalue weighted by Crippen LogP contribution is 2.39. The van der Waals surface area contributed by atoms with E-state index in [0.717, 1.165) is 6.07 Å². The molecule has 0 bridgehead atoms. The Kier molecular flexibility index (Phi) is 5.95. The monoisotopic (exact) mass is 455 g/mol. The number of hydrogen-bond acceptors (Lipinski definition) is 6. The lowest BCUT2D eigenvalue weighted by Crippen LogP contribution is -2.08. The molecule has 0 saturated carbocycles. The van der Waals surface area contributed by atoms with Crippen LogP contribution < -0.4 is 19.5 Å². The fourth-order valence-corrected chi connectivity index (χ4v) is 3.42. The summed E-state index contributed by atoms with van der Waals surface area (Å²) < 4.78 is 55.9. The van der Waals surface area contributed by atoms with Crippen LogP contribution >= 0.6 is 0 Å². The molecule has 0 atom stereocenters. The first-order valence-electron chi connectivity index (χ1n) is 9.85. The molecule has 0 spiro atoms. The lowest BCUT2D eigenvalue weighted by molar-refractivity contribution is -0.138. The van der Waals surface area contributed by atoms with E-state index in [9.17, 15) is 13.2 Å². The van der Waals surface area contributed by atoms with Crippen LogP contribution in [0.25, 0.3) is 22.3 Å². The van der Waals surface area contributed by atoms with E-state index in [1.54, 1.807) is 24.3 Å². The number of hydrogen-bond donors (Lipinski definition) is 1. The fourth-order valence-electron chi connectivity index (χ4n) is 3.42. The summed E-state index contributed by atoms with van der Waals surface area (Å²) in [5, 5.41) is 3.67. The number of aromatic nitrogens is 2. The summed E-state index contributed by atoms with van der Waals surface area (Å²) in [7, 11) is 4.26. The van der Waals surface area contributed by atoms with Gasteiger partial charge in [0.2, 0.25) is 0 Å². The van der Waals surface area contributed by atoms with E-state index < -0.39 is 11.7 Å². The van der Waals surface area contributed by atoms with Gasteiger partial charge >= 0.3 is 6.18 Å². The zero-order valence-corrected chi connectivity index (χ0v) is 18.0. The van der Waals surface area contributed by atoms with Crippen LogP contribution in [0.5, 0.6) is 17.2 Å². The lowest BCUT2D eigenvalue weighted by atomic mass is 10.1. The summed E-state index contributed by atoms with van der Waals surface area (Å²) in [5.74, 6) is 1.54. The molecule has 1 aromatic heterocycles. The number of methoxy groups -OCH3 is 3. The molecule has 1 N–H and O–H groups in total. The van der Waals surface area contributed by atoms with Gasteiger partial charge in [0.1, 0.15) is 11.6 Å². The van der Waals surface area contributed by atoms with Gasteiger partial charge in [-0.1, -0.05) is 12.1 Å². The highest BCUT2D eigenvalue weighted by molar-refractivity contribution is 5.92. The third kappa shape index (κ3) is 4.48. The molecular weight excluding hydrogens is 435 g/mol. The maximum absolute atomic E-state index is 13.5. The van der Waals surface area contributed by atoms with Crippen molar-refractivity contribution in [2.75, 3.05) is 26.6 Å². The van der Waals surface area contributed by atoms with Gasteiger partial charge in [-0.05, 0) is 48.5 Å². The molecule has 9 heteroatoms. The number of anilines is 2. The largest absolute Gasteiger partial charge is 0.496 e. The third-order valence-corrected chi connectivity index (χ3v) is 5.01. The van der Waals surface area contributed by atoms with Gasteiger partial charge in [0.05, 0.1) is 32.4 Å². The van der Waals surface area contributed by atoms with Crippen molar-refractivity contribution >= 4 is 22.4 Å². The number of halogens is 3. The first-order valence-corrected chi connectivity index (χ1v) is 9.85. The van der Waals surface area contributed by atoms with Crippen LogP contribution in [0, 0.1) is 0 Å². The molecule has 0 aliphatic carbocycles. The summed E-state index contributed by atoms with van der Waals surface area (Å²) in [6, 6.07) is 16.3. The molecule has 3 aromatic carbocycles. The number of fused-ring (bicyclic) bond motifs is 1. The average molecular weight is 455 g/mol. The van der Waals surface area contributed by atoms with E-state index in [1.165, 1.54) is 33.5 Å². The summed E-state index contributed by atoms with van der Waals surface area (Å²) >= 11 is 0. The predicted octanol–water partition coefficient (Wildman–Crippen LogP) is 6.09. The molecule has 0 aliphatic heterocycles. The Hall–Kier alpha value is -4.01. The van der Waals surface area contributed by atoms with E-state index in [1.807, 2.05) is 18.2 Å². The lowest BCUT2D eigenvalue weighted by Gasteiger charge is -2.15. The minimum absolute atomic E-state index is 0.213. The van der Waals surface area contributed by atoms with Crippen molar-refractivity contribution in [2.45, 2.75) is 6.18 Å². The van der Waals surface area contributed by atoms with Crippen LogP contribution in [0.2, 0.25) is 0 Å². The van der Waals surface area contributed by atoms with Crippen LogP contribution in [0.3, 0.4) is 0 Å². The maximum Gasteiger partial charge on any atom is 0.420 e. The Morgan fingerprint density at radius 1 is 0.758 bits per heavy atom. The average Bonchev–Trinajstić information content (AvgIpc) is 2.82. The maximum atomic E-state index is 13.5. The van der Waals surface area contributed by atoms with Gasteiger partial charge in [0, 0.05) is 16.6 Å². The van der Waals surface area contributed by atoms with Crippen LogP contribution in [-0.2, 0) is 6.18 Å². The Morgan fingerprint density at radius 2 is 1.45 bits per heavy atom. The molecule has 0 unspecified atom stereocenters. The van der Waals surface area contributed by atoms with E-state index >= 15 is 0 Å². The summed E-state index contributed by atoms with van der Waals surface area (Å²) in [6.07, 6.45) is -4.57. The van der Waals surface area contributed by atoms with Gasteiger partial charge in [-0.3, -0.25) is 0 Å². The first-order chi connectivity index (χ1) is 15.8. The van der Waals surface area contributed by atoms with Crippen molar-refractivity contribution in [1.29, 1.82) is 0 Å². The van der Waals surface area contributed by atoms with Crippen molar-refractivity contribution in [3.8, 4) is 28.6 Å². The quantitative estimate of drug-likeness (QED) is 0.380. The van der Waals surface area contributed by atoms with E-state index in [-0.39, 0.29) is 11.4 Å². The van der Waals surface area contributed by atoms with E-state index in [0.29, 0.717) is 39.6 Å². The number of rotatable bonds is 6. The number of alkyl halides is 3. The van der Waals surface area contributed by atoms with Gasteiger partial charge < -0.3 is 19.5 Å². The molecule has 4 rings (SSSR count). The van der Waals surface area contributed by atoms with Crippen molar-refractivity contribution in [3.63, 3.8) is 0 Å². The van der Waals surface area contributed by atoms with E-state index in [4.69, 9.17) is 14.2 Å². The Morgan fingerprint density at radius 3 is 2.15 bits per heavy atom. The molecular formula is C24H20F3N3O3. The molecule has 0 aliphatic rings. The molecule has 4 aromatic rings. The van der Waals surface area contributed by atoms with Gasteiger partial charge in [-0.2, -0.15) is 13.2 Å². The molecule has 0 radical (unpaired) electrons. The van der Waals surface area contributed by atoms with Crippen molar-refractivity contribution in [2.24, 2.45) is 0 Å². The fraction of sp³-hybridized carbons (Fsp3) is 0.167. The van der Waals surface area contributed by atoms with Gasteiger partial charge in [-0.25, -0.2) is 9.97 Å². The second kappa shape index (κ2) is 8.85. The minimum atomic E-state index is -4.57. The zero-order valence-electron chi connectivity index (χ0n) is 18.0. The summed E-state index contributed by atoms with van der Waals surface area (Å²) in [6.45, 7) is 0. The zero-order chi connectivity index (χ0) is 23.6. The Bertz CT molecular complexity index is 1310. The summed E-state index contributed by atoms with van der Waals surface area (Å²) in [5.41, 5.74) is 0.621. The summed E-state index contributed by atoms with van der Waals surface area (Å²) in [4.78, 5) is 9.22. The van der Waals surface area contributed by atoms with Crippen molar-refractivity contribution < 1.29 is 27.4 Å². The predicted molar refractivity (Wildman–Crippen MR) is 119 cm³/mol. The molecule has 0 amide bonds. The van der Waals surface area contributed by atoms with Crippen LogP contribution in [0.1, 0.15) is 5.56 Å². The molecule has 6 nitrogen and oxygen atoms in total. The second-order valence-electron chi connectivity index (χ2n) is 7.02. The molecule has 170 valence electrons. The Balaban J connectivity index is 1.82.